The van der Waals surface area contributed by atoms with Gasteiger partial charge in [-0.1, -0.05) is 26.0 Å². The Morgan fingerprint density at radius 2 is 1.89 bits per heavy atom. The van der Waals surface area contributed by atoms with Crippen LogP contribution in [0.2, 0.25) is 0 Å². The lowest BCUT2D eigenvalue weighted by Gasteiger charge is -2.23. The summed E-state index contributed by atoms with van der Waals surface area (Å²) in [6.07, 6.45) is 1.41. The average molecular weight is 371 g/mol. The van der Waals surface area contributed by atoms with Crippen LogP contribution < -0.4 is 10.6 Å². The summed E-state index contributed by atoms with van der Waals surface area (Å²) in [4.78, 5) is 38.1. The summed E-state index contributed by atoms with van der Waals surface area (Å²) >= 11 is 0. The highest BCUT2D eigenvalue weighted by Gasteiger charge is 2.22. The van der Waals surface area contributed by atoms with Gasteiger partial charge in [0.2, 0.25) is 11.8 Å². The highest BCUT2D eigenvalue weighted by Crippen LogP contribution is 2.09. The maximum atomic E-state index is 12.5. The van der Waals surface area contributed by atoms with Crippen LogP contribution in [0.15, 0.2) is 47.1 Å². The summed E-state index contributed by atoms with van der Waals surface area (Å²) in [6, 6.07) is 10.6. The molecule has 7 nitrogen and oxygen atoms in total. The topological polar surface area (TPSA) is 91.7 Å². The average Bonchev–Trinajstić information content (AvgIpc) is 3.13. The number of amides is 3. The molecule has 0 saturated carbocycles. The maximum Gasteiger partial charge on any atom is 0.290 e. The number of aryl methyl sites for hydroxylation is 1. The molecule has 1 aromatic carbocycles. The fourth-order valence-electron chi connectivity index (χ4n) is 2.55. The Morgan fingerprint density at radius 1 is 1.11 bits per heavy atom. The highest BCUT2D eigenvalue weighted by molar-refractivity contribution is 5.97. The van der Waals surface area contributed by atoms with Gasteiger partial charge in [0.1, 0.15) is 0 Å². The third-order valence-electron chi connectivity index (χ3n) is 3.69. The summed E-state index contributed by atoms with van der Waals surface area (Å²) in [6.45, 7) is 5.93. The first-order valence-corrected chi connectivity index (χ1v) is 8.81. The van der Waals surface area contributed by atoms with Gasteiger partial charge in [0.05, 0.1) is 19.4 Å². The Labute approximate surface area is 158 Å². The minimum atomic E-state index is -0.407. The van der Waals surface area contributed by atoms with E-state index in [2.05, 4.69) is 10.6 Å². The van der Waals surface area contributed by atoms with E-state index in [1.54, 1.807) is 18.2 Å². The van der Waals surface area contributed by atoms with Crippen LogP contribution in [0.4, 0.5) is 5.69 Å². The van der Waals surface area contributed by atoms with Crippen LogP contribution >= 0.6 is 0 Å². The molecule has 0 spiro atoms. The van der Waals surface area contributed by atoms with Gasteiger partial charge in [0, 0.05) is 12.2 Å². The predicted molar refractivity (Wildman–Crippen MR) is 102 cm³/mol. The maximum absolute atomic E-state index is 12.5. The Morgan fingerprint density at radius 3 is 2.52 bits per heavy atom. The number of hydrogen-bond donors (Lipinski definition) is 2. The van der Waals surface area contributed by atoms with Crippen molar-refractivity contribution in [1.29, 1.82) is 0 Å². The van der Waals surface area contributed by atoms with Gasteiger partial charge in [0.25, 0.3) is 5.91 Å². The van der Waals surface area contributed by atoms with Crippen LogP contribution in [-0.2, 0) is 9.59 Å². The molecule has 2 aromatic rings. The molecule has 3 amide bonds. The molecule has 1 aromatic heterocycles. The van der Waals surface area contributed by atoms with E-state index in [-0.39, 0.29) is 36.6 Å². The van der Waals surface area contributed by atoms with Crippen molar-refractivity contribution in [3.05, 3.63) is 54.0 Å². The molecule has 0 bridgehead atoms. The minimum absolute atomic E-state index is 0.143. The number of carbonyl (C=O) groups excluding carboxylic acids is 3. The Balaban J connectivity index is 1.87. The monoisotopic (exact) mass is 371 g/mol. The summed E-state index contributed by atoms with van der Waals surface area (Å²) in [5.41, 5.74) is 1.70. The van der Waals surface area contributed by atoms with E-state index >= 15 is 0 Å². The summed E-state index contributed by atoms with van der Waals surface area (Å²) in [5, 5.41) is 5.27. The van der Waals surface area contributed by atoms with Crippen LogP contribution in [0, 0.1) is 12.8 Å². The number of benzene rings is 1. The normalized spacial score (nSPS) is 10.5. The van der Waals surface area contributed by atoms with E-state index in [9.17, 15) is 14.4 Å². The summed E-state index contributed by atoms with van der Waals surface area (Å²) in [5.74, 6) is -0.730. The zero-order valence-corrected chi connectivity index (χ0v) is 15.8. The van der Waals surface area contributed by atoms with Gasteiger partial charge in [-0.2, -0.15) is 0 Å². The Kier molecular flexibility index (Phi) is 7.16. The van der Waals surface area contributed by atoms with Crippen molar-refractivity contribution in [1.82, 2.24) is 10.2 Å². The number of anilines is 1. The second-order valence-electron chi connectivity index (χ2n) is 6.75. The zero-order chi connectivity index (χ0) is 19.8. The summed E-state index contributed by atoms with van der Waals surface area (Å²) in [7, 11) is 0. The standard InChI is InChI=1S/C20H25N3O4/c1-14(2)12-23(20(26)17-8-5-9-27-17)13-19(25)21-11-18(24)22-16-7-4-6-15(3)10-16/h4-10,14H,11-13H2,1-3H3,(H,21,25)(H,22,24). The van der Waals surface area contributed by atoms with E-state index in [0.717, 1.165) is 5.56 Å². The first kappa shape index (κ1) is 20.2. The fourth-order valence-corrected chi connectivity index (χ4v) is 2.55. The number of hydrogen-bond acceptors (Lipinski definition) is 4. The van der Waals surface area contributed by atoms with Crippen LogP contribution in [0.1, 0.15) is 30.0 Å². The molecule has 0 saturated heterocycles. The Bertz CT molecular complexity index is 784. The van der Waals surface area contributed by atoms with Gasteiger partial charge >= 0.3 is 0 Å². The zero-order valence-electron chi connectivity index (χ0n) is 15.8. The van der Waals surface area contributed by atoms with Gasteiger partial charge in [0.15, 0.2) is 5.76 Å². The molecule has 0 radical (unpaired) electrons. The van der Waals surface area contributed by atoms with Crippen molar-refractivity contribution in [2.24, 2.45) is 5.92 Å². The number of nitrogens with one attached hydrogen (secondary N) is 2. The molecule has 0 aliphatic rings. The van der Waals surface area contributed by atoms with Crippen molar-refractivity contribution in [2.45, 2.75) is 20.8 Å². The quantitative estimate of drug-likeness (QED) is 0.746. The third-order valence-corrected chi connectivity index (χ3v) is 3.69. The molecule has 144 valence electrons. The molecule has 0 unspecified atom stereocenters. The van der Waals surface area contributed by atoms with Gasteiger partial charge in [-0.05, 0) is 42.7 Å². The highest BCUT2D eigenvalue weighted by atomic mass is 16.3. The Hall–Kier alpha value is -3.09. The lowest BCUT2D eigenvalue weighted by molar-refractivity contribution is -0.124. The number of rotatable bonds is 8. The van der Waals surface area contributed by atoms with Crippen LogP contribution in [-0.4, -0.2) is 42.3 Å². The van der Waals surface area contributed by atoms with E-state index in [0.29, 0.717) is 12.2 Å². The van der Waals surface area contributed by atoms with Crippen molar-refractivity contribution in [3.63, 3.8) is 0 Å². The van der Waals surface area contributed by atoms with E-state index in [4.69, 9.17) is 4.42 Å². The van der Waals surface area contributed by atoms with Crippen molar-refractivity contribution < 1.29 is 18.8 Å². The van der Waals surface area contributed by atoms with Gasteiger partial charge in [-0.25, -0.2) is 0 Å². The fraction of sp³-hybridized carbons (Fsp3) is 0.350. The molecular formula is C20H25N3O4. The van der Waals surface area contributed by atoms with Crippen LogP contribution in [0.3, 0.4) is 0 Å². The molecule has 27 heavy (non-hydrogen) atoms. The second kappa shape index (κ2) is 9.56. The van der Waals surface area contributed by atoms with Crippen molar-refractivity contribution in [2.75, 3.05) is 25.0 Å². The molecule has 7 heteroatoms. The number of carbonyl (C=O) groups is 3. The first-order valence-electron chi connectivity index (χ1n) is 8.81. The SMILES string of the molecule is Cc1cccc(NC(=O)CNC(=O)CN(CC(C)C)C(=O)c2ccco2)c1. The molecule has 0 fully saturated rings. The van der Waals surface area contributed by atoms with Crippen LogP contribution in [0.5, 0.6) is 0 Å². The molecule has 0 atom stereocenters. The second-order valence-corrected chi connectivity index (χ2v) is 6.75. The minimum Gasteiger partial charge on any atom is -0.459 e. The van der Waals surface area contributed by atoms with Crippen LogP contribution in [0.25, 0.3) is 0 Å². The number of nitrogens with zero attached hydrogens (tertiary/aromatic N) is 1. The largest absolute Gasteiger partial charge is 0.459 e. The van der Waals surface area contributed by atoms with Gasteiger partial charge in [-0.3, -0.25) is 14.4 Å². The van der Waals surface area contributed by atoms with E-state index < -0.39 is 5.91 Å². The number of furan rings is 1. The third kappa shape index (κ3) is 6.62. The molecule has 2 N–H and O–H groups in total. The van der Waals surface area contributed by atoms with Crippen molar-refractivity contribution >= 4 is 23.4 Å². The molecular weight excluding hydrogens is 346 g/mol. The predicted octanol–water partition coefficient (Wildman–Crippen LogP) is 2.44. The van der Waals surface area contributed by atoms with E-state index in [1.807, 2.05) is 39.0 Å². The first-order chi connectivity index (χ1) is 12.8. The van der Waals surface area contributed by atoms with Gasteiger partial charge in [-0.15, -0.1) is 0 Å². The van der Waals surface area contributed by atoms with E-state index in [1.165, 1.54) is 11.2 Å². The van der Waals surface area contributed by atoms with Crippen molar-refractivity contribution in [3.8, 4) is 0 Å². The summed E-state index contributed by atoms with van der Waals surface area (Å²) < 4.78 is 5.13. The molecule has 1 heterocycles. The lowest BCUT2D eigenvalue weighted by atomic mass is 10.2. The lowest BCUT2D eigenvalue weighted by Crippen LogP contribution is -2.44. The smallest absolute Gasteiger partial charge is 0.290 e. The molecule has 0 aliphatic carbocycles. The van der Waals surface area contributed by atoms with Gasteiger partial charge < -0.3 is 20.0 Å². The molecule has 0 aliphatic heterocycles. The molecule has 2 rings (SSSR count).